The van der Waals surface area contributed by atoms with Gasteiger partial charge in [-0.15, -0.1) is 0 Å². The molecule has 1 heterocycles. The molecule has 2 aromatic carbocycles. The summed E-state index contributed by atoms with van der Waals surface area (Å²) in [6.07, 6.45) is 4.33. The zero-order valence-corrected chi connectivity index (χ0v) is 13.7. The maximum atomic E-state index is 2.40. The summed E-state index contributed by atoms with van der Waals surface area (Å²) in [5.41, 5.74) is 0. The summed E-state index contributed by atoms with van der Waals surface area (Å²) in [7, 11) is 0. The third-order valence-corrected chi connectivity index (χ3v) is 19.5. The van der Waals surface area contributed by atoms with Crippen LogP contribution >= 0.6 is 0 Å². The molecule has 0 bridgehead atoms. The maximum absolute atomic E-state index is 2.40. The van der Waals surface area contributed by atoms with Crippen LogP contribution in [-0.2, 0) is 0 Å². The molecule has 0 radical (unpaired) electrons. The Labute approximate surface area is 114 Å². The van der Waals surface area contributed by atoms with E-state index in [9.17, 15) is 0 Å². The second-order valence-electron chi connectivity index (χ2n) is 5.37. The van der Waals surface area contributed by atoms with Crippen molar-refractivity contribution in [1.82, 2.24) is 0 Å². The van der Waals surface area contributed by atoms with E-state index < -0.39 is 18.4 Å². The molecule has 0 aliphatic carbocycles. The van der Waals surface area contributed by atoms with Crippen molar-refractivity contribution >= 4 is 25.5 Å². The standard InChI is InChI=1S/2C6H5.C5H10.Sn/c2*1-2-4-6-5-3-1;1-3-5-4-2;/h2*1-5H;1-5H2;. The van der Waals surface area contributed by atoms with Crippen LogP contribution in [0.4, 0.5) is 0 Å². The third kappa shape index (κ3) is 2.23. The van der Waals surface area contributed by atoms with Gasteiger partial charge in [0, 0.05) is 0 Å². The van der Waals surface area contributed by atoms with Gasteiger partial charge < -0.3 is 0 Å². The molecule has 3 rings (SSSR count). The topological polar surface area (TPSA) is 0 Å². The number of hydrogen-bond acceptors (Lipinski definition) is 0. The van der Waals surface area contributed by atoms with Crippen LogP contribution in [0.15, 0.2) is 60.7 Å². The molecule has 1 fully saturated rings. The summed E-state index contributed by atoms with van der Waals surface area (Å²) in [5, 5.41) is 0. The molecule has 0 atom stereocenters. The van der Waals surface area contributed by atoms with Gasteiger partial charge >= 0.3 is 114 Å². The average molecular weight is 343 g/mol. The molecule has 92 valence electrons. The van der Waals surface area contributed by atoms with Crippen LogP contribution in [-0.4, -0.2) is 18.4 Å². The third-order valence-electron chi connectivity index (χ3n) is 4.36. The van der Waals surface area contributed by atoms with E-state index in [2.05, 4.69) is 60.7 Å². The second-order valence-corrected chi connectivity index (χ2v) is 17.7. The molecule has 18 heavy (non-hydrogen) atoms. The van der Waals surface area contributed by atoms with Gasteiger partial charge in [-0.3, -0.25) is 0 Å². The molecule has 0 unspecified atom stereocenters. The van der Waals surface area contributed by atoms with Crippen molar-refractivity contribution < 1.29 is 0 Å². The van der Waals surface area contributed by atoms with Crippen molar-refractivity contribution in [2.24, 2.45) is 0 Å². The quantitative estimate of drug-likeness (QED) is 0.733. The minimum atomic E-state index is -2.31. The first-order valence-electron chi connectivity index (χ1n) is 7.03. The Balaban J connectivity index is 2.10. The van der Waals surface area contributed by atoms with Crippen LogP contribution < -0.4 is 7.16 Å². The van der Waals surface area contributed by atoms with Gasteiger partial charge in [0.1, 0.15) is 0 Å². The van der Waals surface area contributed by atoms with E-state index in [4.69, 9.17) is 0 Å². The van der Waals surface area contributed by atoms with Gasteiger partial charge in [-0.2, -0.15) is 0 Å². The summed E-state index contributed by atoms with van der Waals surface area (Å²) in [4.78, 5) is 0. The van der Waals surface area contributed by atoms with Crippen LogP contribution in [0, 0.1) is 0 Å². The Bertz CT molecular complexity index is 442. The number of rotatable bonds is 2. The Kier molecular flexibility index (Phi) is 3.74. The Morgan fingerprint density at radius 1 is 0.556 bits per heavy atom. The second kappa shape index (κ2) is 5.48. The van der Waals surface area contributed by atoms with Crippen LogP contribution in [0.1, 0.15) is 19.3 Å². The van der Waals surface area contributed by atoms with Crippen molar-refractivity contribution in [3.05, 3.63) is 60.7 Å². The van der Waals surface area contributed by atoms with E-state index in [0.717, 1.165) is 0 Å². The molecule has 0 amide bonds. The predicted molar refractivity (Wildman–Crippen MR) is 81.4 cm³/mol. The molecule has 0 N–H and O–H groups in total. The Morgan fingerprint density at radius 3 is 1.44 bits per heavy atom. The van der Waals surface area contributed by atoms with Crippen molar-refractivity contribution in [2.75, 3.05) is 0 Å². The SMILES string of the molecule is c1cc[c]([Sn]2([c]3ccccc3)[CH2]CCC[CH2]2)cc1. The molecular weight excluding hydrogens is 323 g/mol. The van der Waals surface area contributed by atoms with Crippen molar-refractivity contribution in [1.29, 1.82) is 0 Å². The monoisotopic (exact) mass is 344 g/mol. The fourth-order valence-electron chi connectivity index (χ4n) is 3.41. The molecule has 0 spiro atoms. The Morgan fingerprint density at radius 2 is 1.00 bits per heavy atom. The normalized spacial score (nSPS) is 18.4. The molecule has 1 heteroatoms. The zero-order valence-electron chi connectivity index (χ0n) is 10.8. The van der Waals surface area contributed by atoms with Gasteiger partial charge in [-0.05, 0) is 0 Å². The van der Waals surface area contributed by atoms with Gasteiger partial charge in [0.05, 0.1) is 0 Å². The van der Waals surface area contributed by atoms with Crippen molar-refractivity contribution in [2.45, 2.75) is 28.1 Å². The van der Waals surface area contributed by atoms with Gasteiger partial charge in [-0.25, -0.2) is 0 Å². The van der Waals surface area contributed by atoms with Crippen LogP contribution in [0.25, 0.3) is 0 Å². The summed E-state index contributed by atoms with van der Waals surface area (Å²) >= 11 is -2.31. The van der Waals surface area contributed by atoms with E-state index in [0.29, 0.717) is 0 Å². The average Bonchev–Trinajstić information content (AvgIpc) is 2.50. The van der Waals surface area contributed by atoms with Gasteiger partial charge in [0.2, 0.25) is 0 Å². The molecule has 1 saturated heterocycles. The molecular formula is C17H20Sn. The summed E-state index contributed by atoms with van der Waals surface area (Å²) in [5.74, 6) is 0. The molecule has 2 aromatic rings. The first-order chi connectivity index (χ1) is 8.92. The van der Waals surface area contributed by atoms with Gasteiger partial charge in [0.25, 0.3) is 0 Å². The fraction of sp³-hybridized carbons (Fsp3) is 0.294. The summed E-state index contributed by atoms with van der Waals surface area (Å²) in [6.45, 7) is 0. The Hall–Kier alpha value is -0.761. The molecule has 1 aliphatic heterocycles. The van der Waals surface area contributed by atoms with Crippen molar-refractivity contribution in [3.8, 4) is 0 Å². The number of hydrogen-bond donors (Lipinski definition) is 0. The fourth-order valence-corrected chi connectivity index (χ4v) is 18.0. The summed E-state index contributed by atoms with van der Waals surface area (Å²) in [6, 6.07) is 22.8. The first-order valence-corrected chi connectivity index (χ1v) is 13.9. The van der Waals surface area contributed by atoms with E-state index in [1.807, 2.05) is 0 Å². The minimum absolute atomic E-state index is 1.44. The number of benzene rings is 2. The molecule has 0 nitrogen and oxygen atoms in total. The molecule has 0 aromatic heterocycles. The van der Waals surface area contributed by atoms with Crippen LogP contribution in [0.3, 0.4) is 0 Å². The summed E-state index contributed by atoms with van der Waals surface area (Å²) < 4.78 is 6.42. The zero-order chi connectivity index (χ0) is 12.3. The van der Waals surface area contributed by atoms with Crippen molar-refractivity contribution in [3.63, 3.8) is 0 Å². The van der Waals surface area contributed by atoms with E-state index >= 15 is 0 Å². The van der Waals surface area contributed by atoms with Crippen LogP contribution in [0.2, 0.25) is 8.87 Å². The van der Waals surface area contributed by atoms with Crippen LogP contribution in [0.5, 0.6) is 0 Å². The molecule has 0 saturated carbocycles. The van der Waals surface area contributed by atoms with Gasteiger partial charge in [0.15, 0.2) is 0 Å². The molecule has 1 aliphatic rings. The van der Waals surface area contributed by atoms with E-state index in [1.165, 1.54) is 28.1 Å². The van der Waals surface area contributed by atoms with Gasteiger partial charge in [-0.1, -0.05) is 0 Å². The predicted octanol–water partition coefficient (Wildman–Crippen LogP) is 3.43. The van der Waals surface area contributed by atoms with E-state index in [-0.39, 0.29) is 0 Å². The van der Waals surface area contributed by atoms with E-state index in [1.54, 1.807) is 7.16 Å². The first kappa shape index (κ1) is 12.3.